The minimum Gasteiger partial charge on any atom is -0.352 e. The summed E-state index contributed by atoms with van der Waals surface area (Å²) in [5.41, 5.74) is 0.433. The van der Waals surface area contributed by atoms with Crippen molar-refractivity contribution in [2.45, 2.75) is 68.7 Å². The Balaban J connectivity index is 1.61. The predicted octanol–water partition coefficient (Wildman–Crippen LogP) is 8.21. The molecule has 4 aromatic rings. The van der Waals surface area contributed by atoms with Crippen molar-refractivity contribution in [3.63, 3.8) is 0 Å². The van der Waals surface area contributed by atoms with Crippen LogP contribution in [0.5, 0.6) is 0 Å². The lowest BCUT2D eigenvalue weighted by Crippen LogP contribution is -2.54. The van der Waals surface area contributed by atoms with Gasteiger partial charge in [0.15, 0.2) is 0 Å². The van der Waals surface area contributed by atoms with E-state index in [4.69, 9.17) is 23.2 Å². The number of anilines is 1. The summed E-state index contributed by atoms with van der Waals surface area (Å²) < 4.78 is 71.1. The lowest BCUT2D eigenvalue weighted by molar-refractivity contribution is -0.140. The van der Waals surface area contributed by atoms with Gasteiger partial charge in [-0.05, 0) is 73.4 Å². The molecule has 2 amide bonds. The van der Waals surface area contributed by atoms with Crippen molar-refractivity contribution in [3.05, 3.63) is 129 Å². The number of carbonyl (C=O) groups excluding carboxylic acids is 2. The van der Waals surface area contributed by atoms with Crippen LogP contribution in [-0.2, 0) is 38.8 Å². The largest absolute Gasteiger partial charge is 0.417 e. The van der Waals surface area contributed by atoms with Crippen molar-refractivity contribution >= 4 is 50.7 Å². The molecule has 1 atom stereocenters. The number of aryl methyl sites for hydroxylation is 1. The first-order valence-corrected chi connectivity index (χ1v) is 18.3. The Morgan fingerprint density at radius 1 is 0.880 bits per heavy atom. The summed E-state index contributed by atoms with van der Waals surface area (Å²) in [6.45, 7) is 0.730. The van der Waals surface area contributed by atoms with Crippen LogP contribution in [0.2, 0.25) is 10.0 Å². The minimum absolute atomic E-state index is 0.0819. The van der Waals surface area contributed by atoms with Crippen LogP contribution in [0.25, 0.3) is 0 Å². The molecule has 1 N–H and O–H groups in total. The van der Waals surface area contributed by atoms with E-state index in [1.807, 2.05) is 18.2 Å². The van der Waals surface area contributed by atoms with E-state index in [9.17, 15) is 31.2 Å². The van der Waals surface area contributed by atoms with Crippen molar-refractivity contribution in [1.29, 1.82) is 0 Å². The summed E-state index contributed by atoms with van der Waals surface area (Å²) in [5.74, 6) is -1.22. The summed E-state index contributed by atoms with van der Waals surface area (Å²) in [5, 5.41) is 2.90. The van der Waals surface area contributed by atoms with Crippen LogP contribution in [0, 0.1) is 6.92 Å². The molecule has 0 radical (unpaired) electrons. The third kappa shape index (κ3) is 9.18. The van der Waals surface area contributed by atoms with Crippen LogP contribution >= 0.6 is 23.2 Å². The van der Waals surface area contributed by atoms with Gasteiger partial charge in [0.1, 0.15) is 12.6 Å². The van der Waals surface area contributed by atoms with E-state index in [0.717, 1.165) is 48.9 Å². The normalized spacial score (nSPS) is 14.3. The van der Waals surface area contributed by atoms with Gasteiger partial charge in [0.25, 0.3) is 10.0 Å². The van der Waals surface area contributed by atoms with Crippen LogP contribution in [-0.4, -0.2) is 43.8 Å². The van der Waals surface area contributed by atoms with Crippen molar-refractivity contribution < 1.29 is 31.2 Å². The molecule has 1 saturated carbocycles. The van der Waals surface area contributed by atoms with Gasteiger partial charge >= 0.3 is 6.18 Å². The Hall–Kier alpha value is -4.06. The third-order valence-corrected chi connectivity index (χ3v) is 11.0. The second kappa shape index (κ2) is 15.9. The average molecular weight is 747 g/mol. The summed E-state index contributed by atoms with van der Waals surface area (Å²) >= 11 is 12.0. The Morgan fingerprint density at radius 3 is 2.14 bits per heavy atom. The van der Waals surface area contributed by atoms with Gasteiger partial charge in [0.05, 0.1) is 21.2 Å². The smallest absolute Gasteiger partial charge is 0.352 e. The Kier molecular flexibility index (Phi) is 11.8. The maximum atomic E-state index is 14.6. The van der Waals surface area contributed by atoms with Gasteiger partial charge in [-0.2, -0.15) is 13.2 Å². The lowest BCUT2D eigenvalue weighted by Gasteiger charge is -2.34. The zero-order valence-corrected chi connectivity index (χ0v) is 29.5. The molecule has 0 aliphatic heterocycles. The quantitative estimate of drug-likeness (QED) is 0.158. The highest BCUT2D eigenvalue weighted by Crippen LogP contribution is 2.38. The molecule has 0 bridgehead atoms. The van der Waals surface area contributed by atoms with E-state index in [1.54, 1.807) is 55.5 Å². The molecule has 0 aromatic heterocycles. The topological polar surface area (TPSA) is 86.8 Å². The van der Waals surface area contributed by atoms with Gasteiger partial charge in [0.2, 0.25) is 11.8 Å². The summed E-state index contributed by atoms with van der Waals surface area (Å²) in [6.07, 6.45) is -1.33. The molecule has 1 fully saturated rings. The molecular formula is C37H36Cl2F3N3O4S. The molecule has 4 aromatic carbocycles. The molecule has 264 valence electrons. The van der Waals surface area contributed by atoms with E-state index >= 15 is 0 Å². The number of halogens is 5. The van der Waals surface area contributed by atoms with Crippen molar-refractivity contribution in [1.82, 2.24) is 10.2 Å². The molecule has 0 saturated heterocycles. The van der Waals surface area contributed by atoms with E-state index in [2.05, 4.69) is 5.32 Å². The van der Waals surface area contributed by atoms with E-state index < -0.39 is 56.9 Å². The van der Waals surface area contributed by atoms with Crippen molar-refractivity contribution in [2.24, 2.45) is 0 Å². The predicted molar refractivity (Wildman–Crippen MR) is 188 cm³/mol. The first-order valence-electron chi connectivity index (χ1n) is 16.1. The van der Waals surface area contributed by atoms with Gasteiger partial charge in [-0.25, -0.2) is 8.42 Å². The number of alkyl halides is 3. The van der Waals surface area contributed by atoms with Crippen LogP contribution in [0.3, 0.4) is 0 Å². The number of benzene rings is 4. The summed E-state index contributed by atoms with van der Waals surface area (Å²) in [7, 11) is -4.62. The minimum atomic E-state index is -4.91. The van der Waals surface area contributed by atoms with Gasteiger partial charge in [0, 0.05) is 24.0 Å². The maximum absolute atomic E-state index is 14.6. The fourth-order valence-corrected chi connectivity index (χ4v) is 7.72. The molecular weight excluding hydrogens is 710 g/mol. The van der Waals surface area contributed by atoms with Crippen molar-refractivity contribution in [2.75, 3.05) is 10.8 Å². The number of sulfonamides is 1. The van der Waals surface area contributed by atoms with Gasteiger partial charge < -0.3 is 10.2 Å². The maximum Gasteiger partial charge on any atom is 0.417 e. The number of nitrogens with zero attached hydrogens (tertiary/aromatic N) is 2. The average Bonchev–Trinajstić information content (AvgIpc) is 3.59. The number of hydrogen-bond donors (Lipinski definition) is 1. The van der Waals surface area contributed by atoms with Crippen molar-refractivity contribution in [3.8, 4) is 0 Å². The summed E-state index contributed by atoms with van der Waals surface area (Å²) in [6, 6.07) is 22.9. The molecule has 0 unspecified atom stereocenters. The highest BCUT2D eigenvalue weighted by Gasteiger charge is 2.38. The molecule has 13 heteroatoms. The second-order valence-corrected chi connectivity index (χ2v) is 15.0. The molecule has 0 heterocycles. The fourth-order valence-electron chi connectivity index (χ4n) is 5.96. The first-order chi connectivity index (χ1) is 23.7. The Morgan fingerprint density at radius 2 is 1.52 bits per heavy atom. The van der Waals surface area contributed by atoms with Crippen LogP contribution in [0.15, 0.2) is 102 Å². The Bertz CT molecular complexity index is 1900. The number of rotatable bonds is 12. The SMILES string of the molecule is Cc1ccc(S(=O)(=O)N(CC(=O)N(Cc2ccc(Cl)cc2)[C@H](Cc2ccccc2)C(=O)NC2CCCC2)c2ccc(Cl)c(C(F)(F)F)c2)cc1. The highest BCUT2D eigenvalue weighted by molar-refractivity contribution is 7.92. The molecule has 1 aliphatic carbocycles. The number of carbonyl (C=O) groups is 2. The van der Waals surface area contributed by atoms with Gasteiger partial charge in [-0.15, -0.1) is 0 Å². The molecule has 7 nitrogen and oxygen atoms in total. The zero-order chi connectivity index (χ0) is 36.1. The van der Waals surface area contributed by atoms with E-state index in [0.29, 0.717) is 21.0 Å². The van der Waals surface area contributed by atoms with E-state index in [1.165, 1.54) is 17.0 Å². The molecule has 0 spiro atoms. The summed E-state index contributed by atoms with van der Waals surface area (Å²) in [4.78, 5) is 29.8. The van der Waals surface area contributed by atoms with Gasteiger partial charge in [-0.3, -0.25) is 13.9 Å². The number of amides is 2. The van der Waals surface area contributed by atoms with Crippen LogP contribution < -0.4 is 9.62 Å². The molecule has 50 heavy (non-hydrogen) atoms. The monoisotopic (exact) mass is 745 g/mol. The van der Waals surface area contributed by atoms with E-state index in [-0.39, 0.29) is 23.9 Å². The fraction of sp³-hybridized carbons (Fsp3) is 0.297. The second-order valence-electron chi connectivity index (χ2n) is 12.3. The molecule has 5 rings (SSSR count). The van der Waals surface area contributed by atoms with Gasteiger partial charge in [-0.1, -0.05) is 96.2 Å². The third-order valence-electron chi connectivity index (χ3n) is 8.67. The number of nitrogens with one attached hydrogen (secondary N) is 1. The Labute approximate surface area is 300 Å². The zero-order valence-electron chi connectivity index (χ0n) is 27.2. The lowest BCUT2D eigenvalue weighted by atomic mass is 10.0. The number of hydrogen-bond acceptors (Lipinski definition) is 4. The van der Waals surface area contributed by atoms with Crippen LogP contribution in [0.1, 0.15) is 47.9 Å². The standard InChI is InChI=1S/C37H36Cl2F3N3O4S/c1-25-11-18-31(19-12-25)50(48,49)45(30-17-20-33(39)32(22-30)37(40,41)42)24-35(46)44(23-27-13-15-28(38)16-14-27)34(21-26-7-3-2-4-8-26)36(47)43-29-9-5-6-10-29/h2-4,7-8,11-20,22,29,34H,5-6,9-10,21,23-24H2,1H3,(H,43,47)/t34-/m1/s1. The highest BCUT2D eigenvalue weighted by atomic mass is 35.5. The molecule has 1 aliphatic rings. The first kappa shape index (κ1) is 37.2. The van der Waals surface area contributed by atoms with Crippen LogP contribution in [0.4, 0.5) is 18.9 Å².